The summed E-state index contributed by atoms with van der Waals surface area (Å²) in [4.78, 5) is 84.7. The average molecular weight is 543 g/mol. The van der Waals surface area contributed by atoms with E-state index in [0.29, 0.717) is 42.7 Å². The molecule has 0 bridgehead atoms. The number of aryl methyl sites for hydroxylation is 1. The van der Waals surface area contributed by atoms with Gasteiger partial charge in [-0.2, -0.15) is 0 Å². The quantitative estimate of drug-likeness (QED) is 0.157. The molecule has 0 radical (unpaired) electrons. The molecule has 0 saturated heterocycles. The van der Waals surface area contributed by atoms with Crippen LogP contribution in [-0.2, 0) is 40.0 Å². The van der Waals surface area contributed by atoms with Crippen LogP contribution in [0.3, 0.4) is 0 Å². The SMILES string of the molecule is CNC(=O)CCc1cc(N2C(=O)C=CC2=O)ccc1NC(=O)CNC(=O)C(CCCCNC(C)=O)NC(C)=O. The number of hydrogen-bond acceptors (Lipinski definition) is 7. The summed E-state index contributed by atoms with van der Waals surface area (Å²) < 4.78 is 0. The van der Waals surface area contributed by atoms with E-state index in [1.165, 1.54) is 33.0 Å². The molecular weight excluding hydrogens is 508 g/mol. The zero-order valence-corrected chi connectivity index (χ0v) is 22.2. The summed E-state index contributed by atoms with van der Waals surface area (Å²) in [5, 5.41) is 12.9. The fourth-order valence-corrected chi connectivity index (χ4v) is 3.81. The van der Waals surface area contributed by atoms with E-state index in [0.717, 1.165) is 17.1 Å². The molecule has 0 saturated carbocycles. The summed E-state index contributed by atoms with van der Waals surface area (Å²) in [6.07, 6.45) is 4.11. The summed E-state index contributed by atoms with van der Waals surface area (Å²) >= 11 is 0. The Morgan fingerprint density at radius 3 is 2.21 bits per heavy atom. The number of benzene rings is 1. The van der Waals surface area contributed by atoms with Crippen LogP contribution in [0.1, 0.15) is 45.1 Å². The van der Waals surface area contributed by atoms with Crippen LogP contribution in [0.5, 0.6) is 0 Å². The fourth-order valence-electron chi connectivity index (χ4n) is 3.81. The molecule has 1 aromatic rings. The minimum absolute atomic E-state index is 0.0973. The van der Waals surface area contributed by atoms with Gasteiger partial charge in [0, 0.05) is 51.7 Å². The fraction of sp³-hybridized carbons (Fsp3) is 0.423. The van der Waals surface area contributed by atoms with Crippen LogP contribution in [0.4, 0.5) is 11.4 Å². The summed E-state index contributed by atoms with van der Waals surface area (Å²) in [6, 6.07) is 3.71. The van der Waals surface area contributed by atoms with E-state index in [4.69, 9.17) is 0 Å². The molecule has 0 aromatic heterocycles. The predicted octanol–water partition coefficient (Wildman–Crippen LogP) is -0.340. The number of amides is 7. The lowest BCUT2D eigenvalue weighted by Crippen LogP contribution is -2.47. The summed E-state index contributed by atoms with van der Waals surface area (Å²) in [6.45, 7) is 2.76. The smallest absolute Gasteiger partial charge is 0.258 e. The van der Waals surface area contributed by atoms with Gasteiger partial charge in [-0.3, -0.25) is 33.6 Å². The molecule has 0 aliphatic carbocycles. The van der Waals surface area contributed by atoms with Crippen LogP contribution in [0, 0.1) is 0 Å². The lowest BCUT2D eigenvalue weighted by atomic mass is 10.1. The number of imide groups is 1. The Kier molecular flexibility index (Phi) is 11.8. The molecule has 13 nitrogen and oxygen atoms in total. The molecule has 0 fully saturated rings. The van der Waals surface area contributed by atoms with Crippen molar-refractivity contribution in [1.82, 2.24) is 21.3 Å². The molecule has 2 rings (SSSR count). The van der Waals surface area contributed by atoms with Crippen LogP contribution in [0.25, 0.3) is 0 Å². The second-order valence-corrected chi connectivity index (χ2v) is 8.86. The number of nitrogens with one attached hydrogen (secondary N) is 5. The van der Waals surface area contributed by atoms with Crippen LogP contribution < -0.4 is 31.5 Å². The Hall–Kier alpha value is -4.55. The number of hydrogen-bond donors (Lipinski definition) is 5. The molecule has 1 heterocycles. The van der Waals surface area contributed by atoms with E-state index in [1.807, 2.05) is 0 Å². The summed E-state index contributed by atoms with van der Waals surface area (Å²) in [5.74, 6) is -2.87. The lowest BCUT2D eigenvalue weighted by molar-refractivity contribution is -0.129. The van der Waals surface area contributed by atoms with Crippen LogP contribution >= 0.6 is 0 Å². The molecule has 39 heavy (non-hydrogen) atoms. The maximum Gasteiger partial charge on any atom is 0.258 e. The topological polar surface area (TPSA) is 183 Å². The van der Waals surface area contributed by atoms with Gasteiger partial charge < -0.3 is 26.6 Å². The molecule has 210 valence electrons. The van der Waals surface area contributed by atoms with Gasteiger partial charge in [0.15, 0.2) is 0 Å². The Morgan fingerprint density at radius 1 is 0.897 bits per heavy atom. The lowest BCUT2D eigenvalue weighted by Gasteiger charge is -2.19. The number of anilines is 2. The zero-order valence-electron chi connectivity index (χ0n) is 22.2. The van der Waals surface area contributed by atoms with Gasteiger partial charge >= 0.3 is 0 Å². The van der Waals surface area contributed by atoms with E-state index in [1.54, 1.807) is 6.07 Å². The zero-order chi connectivity index (χ0) is 28.9. The molecule has 1 atom stereocenters. The third-order valence-electron chi connectivity index (χ3n) is 5.74. The van der Waals surface area contributed by atoms with Crippen molar-refractivity contribution in [1.29, 1.82) is 0 Å². The third kappa shape index (κ3) is 10.0. The Balaban J connectivity index is 2.04. The highest BCUT2D eigenvalue weighted by atomic mass is 16.2. The summed E-state index contributed by atoms with van der Waals surface area (Å²) in [7, 11) is 1.49. The first-order valence-electron chi connectivity index (χ1n) is 12.5. The van der Waals surface area contributed by atoms with Crippen LogP contribution in [0.15, 0.2) is 30.4 Å². The normalized spacial score (nSPS) is 13.1. The van der Waals surface area contributed by atoms with Crippen molar-refractivity contribution in [2.75, 3.05) is 30.4 Å². The van der Waals surface area contributed by atoms with Gasteiger partial charge in [0.1, 0.15) is 6.04 Å². The molecule has 1 aliphatic heterocycles. The number of unbranched alkanes of at least 4 members (excludes halogenated alkanes) is 1. The second-order valence-electron chi connectivity index (χ2n) is 8.86. The molecular formula is C26H34N6O7. The maximum absolute atomic E-state index is 12.7. The van der Waals surface area contributed by atoms with E-state index < -0.39 is 35.6 Å². The molecule has 1 unspecified atom stereocenters. The Labute approximate surface area is 226 Å². The van der Waals surface area contributed by atoms with Crippen LogP contribution in [-0.4, -0.2) is 67.5 Å². The number of rotatable bonds is 14. The first kappa shape index (κ1) is 30.7. The van der Waals surface area contributed by atoms with Crippen molar-refractivity contribution < 1.29 is 33.6 Å². The molecule has 13 heteroatoms. The van der Waals surface area contributed by atoms with Gasteiger partial charge in [-0.05, 0) is 49.4 Å². The Morgan fingerprint density at radius 2 is 1.59 bits per heavy atom. The monoisotopic (exact) mass is 542 g/mol. The number of nitrogens with zero attached hydrogens (tertiary/aromatic N) is 1. The van der Waals surface area contributed by atoms with Crippen molar-refractivity contribution in [3.63, 3.8) is 0 Å². The van der Waals surface area contributed by atoms with Gasteiger partial charge in [-0.15, -0.1) is 0 Å². The van der Waals surface area contributed by atoms with E-state index in [-0.39, 0.29) is 31.2 Å². The van der Waals surface area contributed by atoms with Crippen molar-refractivity contribution >= 4 is 52.7 Å². The highest BCUT2D eigenvalue weighted by molar-refractivity contribution is 6.28. The second kappa shape index (κ2) is 15.0. The largest absolute Gasteiger partial charge is 0.359 e. The minimum Gasteiger partial charge on any atom is -0.359 e. The van der Waals surface area contributed by atoms with Crippen molar-refractivity contribution in [3.05, 3.63) is 35.9 Å². The highest BCUT2D eigenvalue weighted by Gasteiger charge is 2.26. The number of carbonyl (C=O) groups excluding carboxylic acids is 7. The molecule has 7 amide bonds. The van der Waals surface area contributed by atoms with Crippen molar-refractivity contribution in [2.45, 2.75) is 52.0 Å². The van der Waals surface area contributed by atoms with Crippen molar-refractivity contribution in [3.8, 4) is 0 Å². The highest BCUT2D eigenvalue weighted by Crippen LogP contribution is 2.26. The molecule has 0 spiro atoms. The Bertz CT molecular complexity index is 1150. The van der Waals surface area contributed by atoms with Gasteiger partial charge in [0.05, 0.1) is 12.2 Å². The minimum atomic E-state index is -0.848. The van der Waals surface area contributed by atoms with Crippen molar-refractivity contribution in [2.24, 2.45) is 0 Å². The van der Waals surface area contributed by atoms with Gasteiger partial charge in [0.25, 0.3) is 11.8 Å². The third-order valence-corrected chi connectivity index (χ3v) is 5.74. The summed E-state index contributed by atoms with van der Waals surface area (Å²) in [5.41, 5.74) is 1.16. The van der Waals surface area contributed by atoms with Crippen LogP contribution in [0.2, 0.25) is 0 Å². The molecule has 1 aliphatic rings. The van der Waals surface area contributed by atoms with Gasteiger partial charge in [0.2, 0.25) is 29.5 Å². The molecule has 1 aromatic carbocycles. The maximum atomic E-state index is 12.7. The predicted molar refractivity (Wildman–Crippen MR) is 142 cm³/mol. The van der Waals surface area contributed by atoms with E-state index in [9.17, 15) is 33.6 Å². The van der Waals surface area contributed by atoms with E-state index in [2.05, 4.69) is 26.6 Å². The van der Waals surface area contributed by atoms with Gasteiger partial charge in [-0.25, -0.2) is 4.90 Å². The number of carbonyl (C=O) groups is 7. The van der Waals surface area contributed by atoms with Gasteiger partial charge in [-0.1, -0.05) is 0 Å². The van der Waals surface area contributed by atoms with E-state index >= 15 is 0 Å². The average Bonchev–Trinajstić information content (AvgIpc) is 3.22. The first-order chi connectivity index (χ1) is 18.5. The standard InChI is InChI=1S/C26H34N6O7/c1-16(33)28-13-5-4-6-21(30-17(2)34)26(39)29-15-23(36)31-20-9-8-19(32-24(37)11-12-25(32)38)14-18(20)7-10-22(35)27-3/h8-9,11-12,14,21H,4-7,10,13,15H2,1-3H3,(H,27,35)(H,28,33)(H,29,39)(H,30,34)(H,31,36). The first-order valence-corrected chi connectivity index (χ1v) is 12.5. The molecule has 5 N–H and O–H groups in total.